The van der Waals surface area contributed by atoms with E-state index in [9.17, 15) is 18.0 Å². The molecule has 1 atom stereocenters. The molecule has 4 rings (SSSR count). The topological polar surface area (TPSA) is 51.0 Å². The Morgan fingerprint density at radius 1 is 1.07 bits per heavy atom. The first-order chi connectivity index (χ1) is 14.4. The van der Waals surface area contributed by atoms with Gasteiger partial charge in [-0.1, -0.05) is 47.7 Å². The van der Waals surface area contributed by atoms with Crippen LogP contribution in [0.15, 0.2) is 60.8 Å². The molecule has 0 spiro atoms. The van der Waals surface area contributed by atoms with Gasteiger partial charge < -0.3 is 4.90 Å². The predicted molar refractivity (Wildman–Crippen MR) is 105 cm³/mol. The van der Waals surface area contributed by atoms with Gasteiger partial charge in [0.25, 0.3) is 0 Å². The number of rotatable bonds is 5. The highest BCUT2D eigenvalue weighted by Crippen LogP contribution is 2.29. The van der Waals surface area contributed by atoms with Crippen LogP contribution < -0.4 is 0 Å². The fraction of sp³-hybridized carbons (Fsp3) is 0.318. The molecule has 0 N–H and O–H groups in total. The molecule has 1 amide bonds. The largest absolute Gasteiger partial charge is 0.416 e. The molecule has 0 bridgehead atoms. The molecule has 2 aromatic carbocycles. The van der Waals surface area contributed by atoms with E-state index in [1.54, 1.807) is 4.90 Å². The van der Waals surface area contributed by atoms with Crippen molar-refractivity contribution in [1.29, 1.82) is 0 Å². The lowest BCUT2D eigenvalue weighted by molar-refractivity contribution is -0.137. The van der Waals surface area contributed by atoms with E-state index in [-0.39, 0.29) is 18.4 Å². The molecule has 1 aliphatic rings. The third-order valence-electron chi connectivity index (χ3n) is 5.38. The standard InChI is InChI=1S/C22H21F3N4O/c23-22(24,25)18-9-6-16(7-10-18)8-11-21(30)28-13-12-19(14-28)29-15-20(26-27-29)17-4-2-1-3-5-17/h1-7,9-10,15,19H,8,11-14H2. The van der Waals surface area contributed by atoms with Crippen LogP contribution in [-0.2, 0) is 17.4 Å². The minimum Gasteiger partial charge on any atom is -0.340 e. The van der Waals surface area contributed by atoms with Crippen LogP contribution in [-0.4, -0.2) is 38.9 Å². The molecule has 156 valence electrons. The normalized spacial score (nSPS) is 16.8. The van der Waals surface area contributed by atoms with Gasteiger partial charge in [0.1, 0.15) is 5.69 Å². The number of aromatic nitrogens is 3. The number of hydrogen-bond acceptors (Lipinski definition) is 3. The first-order valence-electron chi connectivity index (χ1n) is 9.81. The third kappa shape index (κ3) is 4.53. The van der Waals surface area contributed by atoms with Crippen molar-refractivity contribution in [1.82, 2.24) is 19.9 Å². The molecule has 8 heteroatoms. The van der Waals surface area contributed by atoms with Gasteiger partial charge in [-0.2, -0.15) is 13.2 Å². The van der Waals surface area contributed by atoms with Gasteiger partial charge in [0.05, 0.1) is 17.8 Å². The molecule has 30 heavy (non-hydrogen) atoms. The number of alkyl halides is 3. The second kappa shape index (κ2) is 8.30. The van der Waals surface area contributed by atoms with Crippen LogP contribution in [0.3, 0.4) is 0 Å². The average Bonchev–Trinajstić information content (AvgIpc) is 3.42. The van der Waals surface area contributed by atoms with Gasteiger partial charge in [-0.15, -0.1) is 5.10 Å². The summed E-state index contributed by atoms with van der Waals surface area (Å²) in [6, 6.07) is 14.8. The zero-order valence-corrected chi connectivity index (χ0v) is 16.2. The zero-order valence-electron chi connectivity index (χ0n) is 16.2. The van der Waals surface area contributed by atoms with E-state index in [0.29, 0.717) is 19.5 Å². The molecule has 2 heterocycles. The van der Waals surface area contributed by atoms with Gasteiger partial charge in [0.2, 0.25) is 5.91 Å². The van der Waals surface area contributed by atoms with E-state index >= 15 is 0 Å². The third-order valence-corrected chi connectivity index (χ3v) is 5.38. The fourth-order valence-corrected chi connectivity index (χ4v) is 3.65. The van der Waals surface area contributed by atoms with Crippen LogP contribution in [0.4, 0.5) is 13.2 Å². The van der Waals surface area contributed by atoms with Crippen molar-refractivity contribution >= 4 is 5.91 Å². The number of likely N-dealkylation sites (tertiary alicyclic amines) is 1. The number of halogens is 3. The summed E-state index contributed by atoms with van der Waals surface area (Å²) in [6.07, 6.45) is -0.967. The van der Waals surface area contributed by atoms with E-state index in [4.69, 9.17) is 0 Å². The van der Waals surface area contributed by atoms with E-state index in [2.05, 4.69) is 10.3 Å². The summed E-state index contributed by atoms with van der Waals surface area (Å²) in [4.78, 5) is 14.3. The molecule has 1 aliphatic heterocycles. The fourth-order valence-electron chi connectivity index (χ4n) is 3.65. The second-order valence-electron chi connectivity index (χ2n) is 7.43. The quantitative estimate of drug-likeness (QED) is 0.623. The van der Waals surface area contributed by atoms with Crippen molar-refractivity contribution in [3.05, 3.63) is 71.9 Å². The van der Waals surface area contributed by atoms with Crippen molar-refractivity contribution in [2.45, 2.75) is 31.5 Å². The van der Waals surface area contributed by atoms with Gasteiger partial charge in [-0.05, 0) is 30.5 Å². The Balaban J connectivity index is 1.31. The minimum atomic E-state index is -4.35. The summed E-state index contributed by atoms with van der Waals surface area (Å²) in [6.45, 7) is 1.19. The smallest absolute Gasteiger partial charge is 0.340 e. The second-order valence-corrected chi connectivity index (χ2v) is 7.43. The van der Waals surface area contributed by atoms with Crippen molar-refractivity contribution in [2.24, 2.45) is 0 Å². The Morgan fingerprint density at radius 3 is 2.50 bits per heavy atom. The lowest BCUT2D eigenvalue weighted by Crippen LogP contribution is -2.29. The highest BCUT2D eigenvalue weighted by atomic mass is 19.4. The Hall–Kier alpha value is -3.16. The number of amides is 1. The first-order valence-corrected chi connectivity index (χ1v) is 9.81. The van der Waals surface area contributed by atoms with Crippen LogP contribution in [0.2, 0.25) is 0 Å². The molecular formula is C22H21F3N4O. The molecular weight excluding hydrogens is 393 g/mol. The number of hydrogen-bond donors (Lipinski definition) is 0. The van der Waals surface area contributed by atoms with Gasteiger partial charge in [-0.25, -0.2) is 4.68 Å². The molecule has 0 aliphatic carbocycles. The maximum absolute atomic E-state index is 12.6. The Morgan fingerprint density at radius 2 is 1.80 bits per heavy atom. The molecule has 0 saturated carbocycles. The minimum absolute atomic E-state index is 0.000737. The Kier molecular flexibility index (Phi) is 5.57. The van der Waals surface area contributed by atoms with Gasteiger partial charge in [0.15, 0.2) is 0 Å². The van der Waals surface area contributed by atoms with Crippen molar-refractivity contribution in [3.63, 3.8) is 0 Å². The molecule has 1 aromatic heterocycles. The molecule has 1 unspecified atom stereocenters. The maximum atomic E-state index is 12.6. The highest BCUT2D eigenvalue weighted by Gasteiger charge is 2.30. The summed E-state index contributed by atoms with van der Waals surface area (Å²) < 4.78 is 39.7. The summed E-state index contributed by atoms with van der Waals surface area (Å²) in [5.41, 5.74) is 1.83. The monoisotopic (exact) mass is 414 g/mol. The number of nitrogens with zero attached hydrogens (tertiary/aromatic N) is 4. The number of carbonyl (C=O) groups is 1. The number of carbonyl (C=O) groups excluding carboxylic acids is 1. The van der Waals surface area contributed by atoms with Gasteiger partial charge in [0, 0.05) is 25.1 Å². The van der Waals surface area contributed by atoms with Crippen LogP contribution in [0.5, 0.6) is 0 Å². The molecule has 1 fully saturated rings. The SMILES string of the molecule is O=C(CCc1ccc(C(F)(F)F)cc1)N1CCC(n2cc(-c3ccccc3)nn2)C1. The molecule has 0 radical (unpaired) electrons. The zero-order chi connectivity index (χ0) is 21.1. The van der Waals surface area contributed by atoms with E-state index in [1.165, 1.54) is 12.1 Å². The summed E-state index contributed by atoms with van der Waals surface area (Å²) in [7, 11) is 0. The van der Waals surface area contributed by atoms with Gasteiger partial charge >= 0.3 is 6.18 Å². The molecule has 1 saturated heterocycles. The lowest BCUT2D eigenvalue weighted by Gasteiger charge is -2.16. The van der Waals surface area contributed by atoms with Crippen molar-refractivity contribution in [3.8, 4) is 11.3 Å². The van der Waals surface area contributed by atoms with Gasteiger partial charge in [-0.3, -0.25) is 4.79 Å². The highest BCUT2D eigenvalue weighted by molar-refractivity contribution is 5.76. The first kappa shape index (κ1) is 20.1. The number of aryl methyl sites for hydroxylation is 1. The van der Waals surface area contributed by atoms with E-state index in [1.807, 2.05) is 41.2 Å². The van der Waals surface area contributed by atoms with E-state index in [0.717, 1.165) is 35.4 Å². The molecule has 5 nitrogen and oxygen atoms in total. The van der Waals surface area contributed by atoms with Crippen LogP contribution in [0.1, 0.15) is 30.0 Å². The van der Waals surface area contributed by atoms with Crippen LogP contribution >= 0.6 is 0 Å². The molecule has 3 aromatic rings. The maximum Gasteiger partial charge on any atom is 0.416 e. The summed E-state index contributed by atoms with van der Waals surface area (Å²) >= 11 is 0. The lowest BCUT2D eigenvalue weighted by atomic mass is 10.1. The van der Waals surface area contributed by atoms with Crippen LogP contribution in [0, 0.1) is 0 Å². The average molecular weight is 414 g/mol. The van der Waals surface area contributed by atoms with Crippen LogP contribution in [0.25, 0.3) is 11.3 Å². The van der Waals surface area contributed by atoms with E-state index < -0.39 is 11.7 Å². The van der Waals surface area contributed by atoms with Crippen molar-refractivity contribution < 1.29 is 18.0 Å². The predicted octanol–water partition coefficient (Wildman–Crippen LogP) is 4.37. The Bertz CT molecular complexity index is 999. The summed E-state index contributed by atoms with van der Waals surface area (Å²) in [5.74, 6) is 0.000737. The summed E-state index contributed by atoms with van der Waals surface area (Å²) in [5, 5.41) is 8.46. The van der Waals surface area contributed by atoms with Crippen molar-refractivity contribution in [2.75, 3.05) is 13.1 Å². The Labute approximate surface area is 172 Å². The number of benzene rings is 2.